The molecule has 0 aliphatic heterocycles. The third-order valence-electron chi connectivity index (χ3n) is 4.94. The van der Waals surface area contributed by atoms with Gasteiger partial charge in [0.05, 0.1) is 12.8 Å². The molecule has 8 nitrogen and oxygen atoms in total. The highest BCUT2D eigenvalue weighted by atomic mass is 16.5. The van der Waals surface area contributed by atoms with Gasteiger partial charge in [0.25, 0.3) is 0 Å². The number of benzene rings is 2. The molecule has 0 saturated carbocycles. The Morgan fingerprint density at radius 2 is 1.77 bits per heavy atom. The Bertz CT molecular complexity index is 1220. The Morgan fingerprint density at radius 3 is 2.40 bits per heavy atom. The lowest BCUT2D eigenvalue weighted by molar-refractivity contribution is 0.414. The summed E-state index contributed by atoms with van der Waals surface area (Å²) in [5.41, 5.74) is 9.28. The Morgan fingerprint density at radius 1 is 1.07 bits per heavy atom. The van der Waals surface area contributed by atoms with E-state index in [1.807, 2.05) is 50.2 Å². The van der Waals surface area contributed by atoms with Crippen LogP contribution in [0.15, 0.2) is 59.7 Å². The number of anilines is 2. The zero-order chi connectivity index (χ0) is 21.3. The summed E-state index contributed by atoms with van der Waals surface area (Å²) >= 11 is 0. The van der Waals surface area contributed by atoms with E-state index >= 15 is 0 Å². The second-order valence-electron chi connectivity index (χ2n) is 7.27. The van der Waals surface area contributed by atoms with Crippen LogP contribution in [0.1, 0.15) is 25.5 Å². The molecule has 0 saturated heterocycles. The topological polar surface area (TPSA) is 100.0 Å². The van der Waals surface area contributed by atoms with Crippen molar-refractivity contribution in [1.29, 1.82) is 0 Å². The molecule has 2 heterocycles. The molecule has 0 atom stereocenters. The second-order valence-corrected chi connectivity index (χ2v) is 7.27. The Labute approximate surface area is 174 Å². The molecule has 4 rings (SSSR count). The molecule has 2 aromatic heterocycles. The number of hydrogen-bond acceptors (Lipinski definition) is 6. The van der Waals surface area contributed by atoms with Crippen molar-refractivity contribution in [2.75, 3.05) is 18.2 Å². The average Bonchev–Trinajstić information content (AvgIpc) is 3.05. The predicted octanol–water partition coefficient (Wildman–Crippen LogP) is 3.37. The van der Waals surface area contributed by atoms with Crippen LogP contribution in [0.2, 0.25) is 0 Å². The maximum Gasteiger partial charge on any atom is 0.335 e. The first kappa shape index (κ1) is 19.5. The standard InChI is InChI=1S/C22H24N6O2/c1-14(2)27-21-19(28(22(27)29)17-8-6-16(23)7-9-17)20(25-13-26-21)24-12-15-4-10-18(30-3)11-5-15/h4-11,13-14H,12,23H2,1-3H3,(H,24,25,26). The number of rotatable bonds is 6. The molecule has 30 heavy (non-hydrogen) atoms. The van der Waals surface area contributed by atoms with Crippen LogP contribution in [-0.2, 0) is 6.54 Å². The predicted molar refractivity (Wildman–Crippen MR) is 118 cm³/mol. The number of aromatic nitrogens is 4. The van der Waals surface area contributed by atoms with Crippen LogP contribution in [0.4, 0.5) is 11.5 Å². The van der Waals surface area contributed by atoms with E-state index in [1.54, 1.807) is 28.4 Å². The molecular formula is C22H24N6O2. The van der Waals surface area contributed by atoms with E-state index in [0.29, 0.717) is 34.9 Å². The summed E-state index contributed by atoms with van der Waals surface area (Å²) in [6.07, 6.45) is 1.48. The third-order valence-corrected chi connectivity index (χ3v) is 4.94. The molecule has 0 aliphatic carbocycles. The first-order valence-electron chi connectivity index (χ1n) is 9.70. The van der Waals surface area contributed by atoms with Gasteiger partial charge in [0, 0.05) is 18.3 Å². The molecular weight excluding hydrogens is 380 g/mol. The number of fused-ring (bicyclic) bond motifs is 1. The zero-order valence-corrected chi connectivity index (χ0v) is 17.2. The number of ether oxygens (including phenoxy) is 1. The van der Waals surface area contributed by atoms with Gasteiger partial charge >= 0.3 is 5.69 Å². The minimum Gasteiger partial charge on any atom is -0.497 e. The first-order chi connectivity index (χ1) is 14.5. The lowest BCUT2D eigenvalue weighted by Gasteiger charge is -2.10. The van der Waals surface area contributed by atoms with Crippen molar-refractivity contribution in [3.8, 4) is 11.4 Å². The van der Waals surface area contributed by atoms with E-state index in [9.17, 15) is 4.79 Å². The van der Waals surface area contributed by atoms with Gasteiger partial charge in [-0.15, -0.1) is 0 Å². The number of imidazole rings is 1. The minimum atomic E-state index is -0.169. The van der Waals surface area contributed by atoms with Crippen molar-refractivity contribution >= 4 is 22.7 Å². The highest BCUT2D eigenvalue weighted by Crippen LogP contribution is 2.25. The van der Waals surface area contributed by atoms with Gasteiger partial charge in [-0.2, -0.15) is 0 Å². The molecule has 2 aromatic carbocycles. The second kappa shape index (κ2) is 7.90. The molecule has 4 aromatic rings. The molecule has 8 heteroatoms. The van der Waals surface area contributed by atoms with Gasteiger partial charge in [0.2, 0.25) is 0 Å². The fourth-order valence-electron chi connectivity index (χ4n) is 3.43. The molecule has 0 bridgehead atoms. The molecule has 0 radical (unpaired) electrons. The highest BCUT2D eigenvalue weighted by Gasteiger charge is 2.21. The van der Waals surface area contributed by atoms with Crippen LogP contribution in [0.25, 0.3) is 16.9 Å². The summed E-state index contributed by atoms with van der Waals surface area (Å²) in [5.74, 6) is 1.39. The number of methoxy groups -OCH3 is 1. The lowest BCUT2D eigenvalue weighted by Crippen LogP contribution is -2.24. The van der Waals surface area contributed by atoms with E-state index in [2.05, 4.69) is 15.3 Å². The maximum absolute atomic E-state index is 13.3. The van der Waals surface area contributed by atoms with Gasteiger partial charge in [-0.1, -0.05) is 12.1 Å². The zero-order valence-electron chi connectivity index (χ0n) is 17.2. The van der Waals surface area contributed by atoms with Crippen LogP contribution >= 0.6 is 0 Å². The van der Waals surface area contributed by atoms with E-state index in [0.717, 1.165) is 11.3 Å². The Hall–Kier alpha value is -3.81. The summed E-state index contributed by atoms with van der Waals surface area (Å²) < 4.78 is 8.51. The molecule has 0 amide bonds. The van der Waals surface area contributed by atoms with Crippen LogP contribution < -0.4 is 21.5 Å². The fourth-order valence-corrected chi connectivity index (χ4v) is 3.43. The van der Waals surface area contributed by atoms with E-state index in [4.69, 9.17) is 10.5 Å². The normalized spacial score (nSPS) is 11.2. The SMILES string of the molecule is COc1ccc(CNc2ncnc3c2n(-c2ccc(N)cc2)c(=O)n3C(C)C)cc1. The number of nitrogen functional groups attached to an aromatic ring is 1. The van der Waals surface area contributed by atoms with E-state index < -0.39 is 0 Å². The molecule has 0 aliphatic rings. The lowest BCUT2D eigenvalue weighted by atomic mass is 10.2. The van der Waals surface area contributed by atoms with Crippen LogP contribution in [0, 0.1) is 0 Å². The van der Waals surface area contributed by atoms with Gasteiger partial charge in [0.15, 0.2) is 11.5 Å². The minimum absolute atomic E-state index is 0.0561. The number of nitrogens with two attached hydrogens (primary N) is 1. The Balaban J connectivity index is 1.82. The summed E-state index contributed by atoms with van der Waals surface area (Å²) in [6, 6.07) is 14.9. The van der Waals surface area contributed by atoms with Gasteiger partial charge in [-0.3, -0.25) is 9.13 Å². The van der Waals surface area contributed by atoms with Crippen molar-refractivity contribution in [3.05, 3.63) is 70.9 Å². The van der Waals surface area contributed by atoms with Gasteiger partial charge in [-0.05, 0) is 55.8 Å². The van der Waals surface area contributed by atoms with Crippen molar-refractivity contribution in [3.63, 3.8) is 0 Å². The molecule has 0 fully saturated rings. The molecule has 0 spiro atoms. The molecule has 0 unspecified atom stereocenters. The van der Waals surface area contributed by atoms with Crippen LogP contribution in [0.3, 0.4) is 0 Å². The Kier molecular flexibility index (Phi) is 5.14. The van der Waals surface area contributed by atoms with Gasteiger partial charge in [0.1, 0.15) is 17.6 Å². The summed E-state index contributed by atoms with van der Waals surface area (Å²) in [6.45, 7) is 4.46. The third kappa shape index (κ3) is 3.47. The maximum atomic E-state index is 13.3. The van der Waals surface area contributed by atoms with Crippen molar-refractivity contribution < 1.29 is 4.74 Å². The number of nitrogens with zero attached hydrogens (tertiary/aromatic N) is 4. The quantitative estimate of drug-likeness (QED) is 0.478. The average molecular weight is 404 g/mol. The largest absolute Gasteiger partial charge is 0.497 e. The molecule has 154 valence electrons. The van der Waals surface area contributed by atoms with Gasteiger partial charge < -0.3 is 15.8 Å². The summed E-state index contributed by atoms with van der Waals surface area (Å²) in [4.78, 5) is 22.1. The number of hydrogen-bond donors (Lipinski definition) is 2. The summed E-state index contributed by atoms with van der Waals surface area (Å²) in [5, 5.41) is 3.35. The smallest absolute Gasteiger partial charge is 0.335 e. The first-order valence-corrected chi connectivity index (χ1v) is 9.70. The molecule has 3 N–H and O–H groups in total. The van der Waals surface area contributed by atoms with Crippen LogP contribution in [0.5, 0.6) is 5.75 Å². The van der Waals surface area contributed by atoms with Gasteiger partial charge in [-0.25, -0.2) is 14.8 Å². The fraction of sp³-hybridized carbons (Fsp3) is 0.227. The summed E-state index contributed by atoms with van der Waals surface area (Å²) in [7, 11) is 1.64. The monoisotopic (exact) mass is 404 g/mol. The van der Waals surface area contributed by atoms with E-state index in [-0.39, 0.29) is 11.7 Å². The van der Waals surface area contributed by atoms with Crippen molar-refractivity contribution in [2.24, 2.45) is 0 Å². The van der Waals surface area contributed by atoms with Crippen molar-refractivity contribution in [2.45, 2.75) is 26.4 Å². The van der Waals surface area contributed by atoms with Crippen molar-refractivity contribution in [1.82, 2.24) is 19.1 Å². The van der Waals surface area contributed by atoms with E-state index in [1.165, 1.54) is 6.33 Å². The van der Waals surface area contributed by atoms with Crippen LogP contribution in [-0.4, -0.2) is 26.2 Å². The number of nitrogens with one attached hydrogen (secondary N) is 1. The highest BCUT2D eigenvalue weighted by molar-refractivity contribution is 5.85.